The lowest BCUT2D eigenvalue weighted by Crippen LogP contribution is -2.34. The fourth-order valence-corrected chi connectivity index (χ4v) is 3.15. The van der Waals surface area contributed by atoms with Gasteiger partial charge in [-0.1, -0.05) is 11.6 Å². The molecule has 8 heteroatoms. The number of hydrogen-bond donors (Lipinski definition) is 1. The number of nitrogens with one attached hydrogen (secondary N) is 1. The highest BCUT2D eigenvalue weighted by Crippen LogP contribution is 2.16. The van der Waals surface area contributed by atoms with Crippen LogP contribution in [0.3, 0.4) is 0 Å². The molecule has 1 N–H and O–H groups in total. The lowest BCUT2D eigenvalue weighted by atomic mass is 10.2. The normalized spacial score (nSPS) is 14.8. The van der Waals surface area contributed by atoms with E-state index in [1.165, 1.54) is 12.1 Å². The monoisotopic (exact) mass is 388 g/mol. The minimum absolute atomic E-state index is 0.0938. The van der Waals surface area contributed by atoms with Crippen molar-refractivity contribution >= 4 is 11.8 Å². The maximum atomic E-state index is 13.0. The van der Waals surface area contributed by atoms with Crippen LogP contribution in [0.15, 0.2) is 28.8 Å². The van der Waals surface area contributed by atoms with E-state index in [0.717, 1.165) is 32.2 Å². The van der Waals surface area contributed by atoms with Crippen molar-refractivity contribution in [3.05, 3.63) is 36.0 Å². The average Bonchev–Trinajstić information content (AvgIpc) is 3.07. The van der Waals surface area contributed by atoms with E-state index in [2.05, 4.69) is 15.5 Å². The fourth-order valence-electron chi connectivity index (χ4n) is 3.15. The SMILES string of the molecule is O=C(CCc1nc(-c2ccc(F)cc2)no1)NCCCN1CCCCCC1=O. The van der Waals surface area contributed by atoms with Crippen LogP contribution in [0.2, 0.25) is 0 Å². The smallest absolute Gasteiger partial charge is 0.227 e. The molecule has 150 valence electrons. The molecule has 1 aromatic carbocycles. The van der Waals surface area contributed by atoms with Crippen LogP contribution < -0.4 is 5.32 Å². The molecule has 0 unspecified atom stereocenters. The van der Waals surface area contributed by atoms with Crippen LogP contribution >= 0.6 is 0 Å². The van der Waals surface area contributed by atoms with Gasteiger partial charge in [0, 0.05) is 44.5 Å². The molecule has 1 saturated heterocycles. The van der Waals surface area contributed by atoms with Gasteiger partial charge in [0.2, 0.25) is 23.5 Å². The zero-order valence-electron chi connectivity index (χ0n) is 15.8. The minimum atomic E-state index is -0.329. The molecule has 0 aliphatic carbocycles. The molecule has 3 rings (SSSR count). The summed E-state index contributed by atoms with van der Waals surface area (Å²) < 4.78 is 18.1. The Kier molecular flexibility index (Phi) is 7.11. The van der Waals surface area contributed by atoms with Crippen LogP contribution in [0.1, 0.15) is 44.4 Å². The van der Waals surface area contributed by atoms with Crippen molar-refractivity contribution in [2.75, 3.05) is 19.6 Å². The molecule has 0 bridgehead atoms. The summed E-state index contributed by atoms with van der Waals surface area (Å²) in [4.78, 5) is 30.0. The number of nitrogens with zero attached hydrogens (tertiary/aromatic N) is 3. The van der Waals surface area contributed by atoms with Gasteiger partial charge in [0.05, 0.1) is 0 Å². The molecular weight excluding hydrogens is 363 g/mol. The molecule has 2 aromatic rings. The maximum Gasteiger partial charge on any atom is 0.227 e. The standard InChI is InChI=1S/C20H25FN4O3/c21-16-8-6-15(7-9-16)20-23-18(28-24-20)11-10-17(26)22-12-4-14-25-13-3-1-2-5-19(25)27/h6-9H,1-5,10-14H2,(H,22,26). The highest BCUT2D eigenvalue weighted by atomic mass is 19.1. The zero-order chi connectivity index (χ0) is 19.8. The quantitative estimate of drug-likeness (QED) is 0.703. The predicted molar refractivity (Wildman–Crippen MR) is 101 cm³/mol. The number of hydrogen-bond acceptors (Lipinski definition) is 5. The maximum absolute atomic E-state index is 13.0. The summed E-state index contributed by atoms with van der Waals surface area (Å²) in [6, 6.07) is 5.81. The summed E-state index contributed by atoms with van der Waals surface area (Å²) in [6.07, 6.45) is 5.10. The Hall–Kier alpha value is -2.77. The predicted octanol–water partition coefficient (Wildman–Crippen LogP) is 2.72. The summed E-state index contributed by atoms with van der Waals surface area (Å²) in [7, 11) is 0. The minimum Gasteiger partial charge on any atom is -0.356 e. The van der Waals surface area contributed by atoms with Gasteiger partial charge in [-0.2, -0.15) is 4.98 Å². The number of benzene rings is 1. The Morgan fingerprint density at radius 2 is 2.04 bits per heavy atom. The summed E-state index contributed by atoms with van der Waals surface area (Å²) in [5.74, 6) is 0.535. The van der Waals surface area contributed by atoms with Crippen LogP contribution in [-0.2, 0) is 16.0 Å². The lowest BCUT2D eigenvalue weighted by molar-refractivity contribution is -0.130. The van der Waals surface area contributed by atoms with Crippen molar-refractivity contribution < 1.29 is 18.5 Å². The Labute approximate surface area is 163 Å². The Bertz CT molecular complexity index is 791. The molecule has 7 nitrogen and oxygen atoms in total. The van der Waals surface area contributed by atoms with Gasteiger partial charge in [0.25, 0.3) is 0 Å². The first-order valence-corrected chi connectivity index (χ1v) is 9.75. The van der Waals surface area contributed by atoms with Gasteiger partial charge < -0.3 is 14.7 Å². The van der Waals surface area contributed by atoms with Crippen molar-refractivity contribution in [3.63, 3.8) is 0 Å². The molecule has 0 radical (unpaired) electrons. The summed E-state index contributed by atoms with van der Waals surface area (Å²) >= 11 is 0. The number of likely N-dealkylation sites (tertiary alicyclic amines) is 1. The molecule has 1 fully saturated rings. The van der Waals surface area contributed by atoms with Crippen molar-refractivity contribution in [3.8, 4) is 11.4 Å². The van der Waals surface area contributed by atoms with Crippen LogP contribution in [0, 0.1) is 5.82 Å². The second-order valence-electron chi connectivity index (χ2n) is 6.91. The van der Waals surface area contributed by atoms with E-state index in [-0.39, 0.29) is 24.1 Å². The van der Waals surface area contributed by atoms with Gasteiger partial charge in [-0.3, -0.25) is 9.59 Å². The Morgan fingerprint density at radius 1 is 1.21 bits per heavy atom. The van der Waals surface area contributed by atoms with Crippen molar-refractivity contribution in [1.29, 1.82) is 0 Å². The van der Waals surface area contributed by atoms with Crippen molar-refractivity contribution in [2.45, 2.75) is 44.9 Å². The Morgan fingerprint density at radius 3 is 2.86 bits per heavy atom. The average molecular weight is 388 g/mol. The van der Waals surface area contributed by atoms with Crippen LogP contribution in [-0.4, -0.2) is 46.5 Å². The molecule has 2 heterocycles. The van der Waals surface area contributed by atoms with E-state index < -0.39 is 0 Å². The van der Waals surface area contributed by atoms with Gasteiger partial charge >= 0.3 is 0 Å². The van der Waals surface area contributed by atoms with Crippen LogP contribution in [0.5, 0.6) is 0 Å². The third kappa shape index (κ3) is 5.87. The first kappa shape index (κ1) is 20.0. The first-order chi connectivity index (χ1) is 13.6. The van der Waals surface area contributed by atoms with Gasteiger partial charge in [0.15, 0.2) is 0 Å². The van der Waals surface area contributed by atoms with Crippen LogP contribution in [0.4, 0.5) is 4.39 Å². The number of carbonyl (C=O) groups excluding carboxylic acids is 2. The molecule has 1 aromatic heterocycles. The molecule has 28 heavy (non-hydrogen) atoms. The van der Waals surface area contributed by atoms with E-state index in [9.17, 15) is 14.0 Å². The number of aromatic nitrogens is 2. The number of aryl methyl sites for hydroxylation is 1. The summed E-state index contributed by atoms with van der Waals surface area (Å²) in [5, 5.41) is 6.72. The third-order valence-corrected chi connectivity index (χ3v) is 4.73. The van der Waals surface area contributed by atoms with E-state index in [1.807, 2.05) is 4.90 Å². The van der Waals surface area contributed by atoms with Crippen molar-refractivity contribution in [2.24, 2.45) is 0 Å². The summed E-state index contributed by atoms with van der Waals surface area (Å²) in [5.41, 5.74) is 0.656. The highest BCUT2D eigenvalue weighted by Gasteiger charge is 2.16. The van der Waals surface area contributed by atoms with Gasteiger partial charge in [-0.15, -0.1) is 0 Å². The molecule has 2 amide bonds. The first-order valence-electron chi connectivity index (χ1n) is 9.75. The van der Waals surface area contributed by atoms with Gasteiger partial charge in [0.1, 0.15) is 5.82 Å². The third-order valence-electron chi connectivity index (χ3n) is 4.73. The zero-order valence-corrected chi connectivity index (χ0v) is 15.8. The second-order valence-corrected chi connectivity index (χ2v) is 6.91. The lowest BCUT2D eigenvalue weighted by Gasteiger charge is -2.20. The fraction of sp³-hybridized carbons (Fsp3) is 0.500. The molecular formula is C20H25FN4O3. The van der Waals surface area contributed by atoms with Gasteiger partial charge in [-0.25, -0.2) is 4.39 Å². The van der Waals surface area contributed by atoms with E-state index >= 15 is 0 Å². The van der Waals surface area contributed by atoms with Crippen molar-refractivity contribution in [1.82, 2.24) is 20.4 Å². The molecule has 1 aliphatic heterocycles. The molecule has 0 saturated carbocycles. The highest BCUT2D eigenvalue weighted by molar-refractivity contribution is 5.76. The van der Waals surface area contributed by atoms with E-state index in [4.69, 9.17) is 4.52 Å². The van der Waals surface area contributed by atoms with E-state index in [0.29, 0.717) is 43.2 Å². The molecule has 0 atom stereocenters. The summed E-state index contributed by atoms with van der Waals surface area (Å²) in [6.45, 7) is 2.04. The van der Waals surface area contributed by atoms with E-state index in [1.54, 1.807) is 12.1 Å². The largest absolute Gasteiger partial charge is 0.356 e. The second kappa shape index (κ2) is 9.96. The topological polar surface area (TPSA) is 88.3 Å². The molecule has 0 spiro atoms. The number of amides is 2. The van der Waals surface area contributed by atoms with Crippen LogP contribution in [0.25, 0.3) is 11.4 Å². The number of rotatable bonds is 8. The van der Waals surface area contributed by atoms with Gasteiger partial charge in [-0.05, 0) is 43.5 Å². The Balaban J connectivity index is 1.35. The number of halogens is 1. The molecule has 1 aliphatic rings. The number of carbonyl (C=O) groups is 2.